The molecule has 2 saturated heterocycles. The molecule has 81 heavy (non-hydrogen) atoms. The van der Waals surface area contributed by atoms with Crippen LogP contribution in [0.4, 0.5) is 0 Å². The summed E-state index contributed by atoms with van der Waals surface area (Å²) in [6, 6.07) is 29.6. The highest BCUT2D eigenvalue weighted by Gasteiger charge is 2.52. The summed E-state index contributed by atoms with van der Waals surface area (Å²) >= 11 is 9.30. The summed E-state index contributed by atoms with van der Waals surface area (Å²) < 4.78 is 43.7. The second-order valence-corrected chi connectivity index (χ2v) is 24.7. The molecular formula is C66H75B2Br2IO10. The van der Waals surface area contributed by atoms with E-state index in [2.05, 4.69) is 145 Å². The van der Waals surface area contributed by atoms with Gasteiger partial charge in [0.15, 0.2) is 18.9 Å². The molecule has 0 unspecified atom stereocenters. The van der Waals surface area contributed by atoms with Crippen LogP contribution in [0, 0.1) is 45.1 Å². The van der Waals surface area contributed by atoms with Gasteiger partial charge >= 0.3 is 14.2 Å². The minimum Gasteiger partial charge on any atom is -0.496 e. The van der Waals surface area contributed by atoms with Crippen molar-refractivity contribution in [2.24, 2.45) is 0 Å². The van der Waals surface area contributed by atoms with Crippen molar-refractivity contribution in [1.82, 2.24) is 0 Å². The molecule has 2 heterocycles. The van der Waals surface area contributed by atoms with Crippen LogP contribution in [0.2, 0.25) is 0 Å². The van der Waals surface area contributed by atoms with Crippen LogP contribution in [0.25, 0.3) is 30.4 Å². The molecule has 2 aliphatic rings. The van der Waals surface area contributed by atoms with Crippen molar-refractivity contribution >= 4 is 123 Å². The van der Waals surface area contributed by atoms with E-state index in [0.29, 0.717) is 33.9 Å². The summed E-state index contributed by atoms with van der Waals surface area (Å²) in [5.41, 5.74) is 13.2. The Balaban J connectivity index is 0.000000209. The van der Waals surface area contributed by atoms with Gasteiger partial charge in [0, 0.05) is 12.5 Å². The molecule has 6 aromatic rings. The van der Waals surface area contributed by atoms with E-state index in [1.54, 1.807) is 21.3 Å². The Hall–Kier alpha value is -5.39. The molecule has 0 radical (unpaired) electrons. The number of ether oxygens (including phenoxy) is 3. The minimum atomic E-state index is -0.388. The van der Waals surface area contributed by atoms with Gasteiger partial charge < -0.3 is 32.8 Å². The average molecular weight is 1340 g/mol. The summed E-state index contributed by atoms with van der Waals surface area (Å²) in [6.07, 6.45) is 12.6. The first-order chi connectivity index (χ1) is 38.1. The van der Waals surface area contributed by atoms with Crippen LogP contribution < -0.4 is 19.7 Å². The number of aldehydes is 3. The van der Waals surface area contributed by atoms with E-state index in [-0.39, 0.29) is 36.6 Å². The summed E-state index contributed by atoms with van der Waals surface area (Å²) in [5.74, 6) is 3.63. The van der Waals surface area contributed by atoms with Crippen molar-refractivity contribution in [2.75, 3.05) is 21.3 Å². The van der Waals surface area contributed by atoms with E-state index in [0.717, 1.165) is 78.9 Å². The third-order valence-electron chi connectivity index (χ3n) is 15.3. The normalized spacial score (nSPS) is 15.6. The van der Waals surface area contributed by atoms with Gasteiger partial charge in [0.25, 0.3) is 0 Å². The Labute approximate surface area is 512 Å². The number of hydrogen-bond acceptors (Lipinski definition) is 10. The van der Waals surface area contributed by atoms with Gasteiger partial charge in [-0.15, -0.1) is 0 Å². The van der Waals surface area contributed by atoms with Gasteiger partial charge in [-0.25, -0.2) is 0 Å². The fraction of sp³-hybridized carbons (Fsp3) is 0.318. The van der Waals surface area contributed by atoms with Crippen LogP contribution in [-0.4, -0.2) is 76.8 Å². The Morgan fingerprint density at radius 2 is 0.778 bits per heavy atom. The molecule has 10 nitrogen and oxygen atoms in total. The number of methoxy groups -OCH3 is 3. The van der Waals surface area contributed by atoms with Crippen LogP contribution >= 0.6 is 54.5 Å². The van der Waals surface area contributed by atoms with Crippen molar-refractivity contribution in [2.45, 2.75) is 119 Å². The second kappa shape index (κ2) is 28.7. The van der Waals surface area contributed by atoms with Crippen molar-refractivity contribution in [3.8, 4) is 17.2 Å². The topological polar surface area (TPSA) is 116 Å². The van der Waals surface area contributed by atoms with Crippen molar-refractivity contribution in [3.05, 3.63) is 187 Å². The highest BCUT2D eigenvalue weighted by atomic mass is 127. The fourth-order valence-electron chi connectivity index (χ4n) is 8.50. The largest absolute Gasteiger partial charge is 0.496 e. The van der Waals surface area contributed by atoms with Crippen LogP contribution in [0.15, 0.2) is 106 Å². The van der Waals surface area contributed by atoms with Crippen LogP contribution in [0.3, 0.4) is 0 Å². The number of halogens is 3. The van der Waals surface area contributed by atoms with Gasteiger partial charge in [-0.2, -0.15) is 0 Å². The molecule has 0 amide bonds. The summed E-state index contributed by atoms with van der Waals surface area (Å²) in [7, 11) is 3.93. The smallest absolute Gasteiger partial charge is 0.495 e. The summed E-state index contributed by atoms with van der Waals surface area (Å²) in [5, 5.41) is 0. The molecule has 0 atom stereocenters. The number of benzene rings is 6. The standard InChI is InChI=1S/C24H29BO4.C18H17BrO2.C17H23BO4.C7H6BrI/c1-16-13-20(15-26)22(27-7)14-19(16)12-11-18-9-8-10-21(17(18)2)25-28-23(3,4)24(5,6)29-25;1-12-9-16(11-20)18(21-3)10-15(12)8-7-14-5-4-6-17(19)13(14)2;1-12-9-14(11-19)15(20-6)10-13(12)7-8-18-21-16(2,3)17(4,5)22-18;1-5-6(8)3-2-4-7(5)9/h8-15H,1-7H3;4-11H,1-3H3;7-11H,1-6H3;2-4H,1H3/b12-11+;2*8-7+;. The molecule has 15 heteroatoms. The van der Waals surface area contributed by atoms with Gasteiger partial charge in [-0.3, -0.25) is 14.4 Å². The zero-order valence-corrected chi connectivity index (χ0v) is 55.1. The van der Waals surface area contributed by atoms with E-state index in [1.807, 2.05) is 133 Å². The predicted octanol–water partition coefficient (Wildman–Crippen LogP) is 16.5. The van der Waals surface area contributed by atoms with Crippen LogP contribution in [0.5, 0.6) is 17.2 Å². The Morgan fingerprint density at radius 1 is 0.432 bits per heavy atom. The summed E-state index contributed by atoms with van der Waals surface area (Å²) in [6.45, 7) is 28.5. The van der Waals surface area contributed by atoms with Gasteiger partial charge in [0.1, 0.15) is 17.2 Å². The first kappa shape index (κ1) is 66.4. The van der Waals surface area contributed by atoms with E-state index < -0.39 is 0 Å². The van der Waals surface area contributed by atoms with Crippen molar-refractivity contribution in [1.29, 1.82) is 0 Å². The number of aryl methyl sites for hydroxylation is 3. The Kier molecular flexibility index (Phi) is 23.6. The van der Waals surface area contributed by atoms with Crippen LogP contribution in [0.1, 0.15) is 148 Å². The molecule has 6 aromatic carbocycles. The van der Waals surface area contributed by atoms with E-state index in [4.69, 9.17) is 32.8 Å². The van der Waals surface area contributed by atoms with Gasteiger partial charge in [0.2, 0.25) is 0 Å². The number of rotatable bonds is 13. The molecule has 0 aliphatic carbocycles. The molecule has 0 saturated carbocycles. The third kappa shape index (κ3) is 16.7. The maximum Gasteiger partial charge on any atom is 0.495 e. The van der Waals surface area contributed by atoms with E-state index in [1.165, 1.54) is 19.2 Å². The minimum absolute atomic E-state index is 0.351. The molecule has 426 valence electrons. The Morgan fingerprint density at radius 3 is 1.16 bits per heavy atom. The molecule has 2 aliphatic heterocycles. The molecule has 0 spiro atoms. The lowest BCUT2D eigenvalue weighted by Gasteiger charge is -2.32. The highest BCUT2D eigenvalue weighted by molar-refractivity contribution is 14.1. The number of carbonyl (C=O) groups is 3. The first-order valence-electron chi connectivity index (χ1n) is 26.5. The van der Waals surface area contributed by atoms with E-state index in [9.17, 15) is 14.4 Å². The molecule has 0 N–H and O–H groups in total. The highest BCUT2D eigenvalue weighted by Crippen LogP contribution is 2.39. The van der Waals surface area contributed by atoms with Gasteiger partial charge in [-0.1, -0.05) is 105 Å². The molecule has 8 rings (SSSR count). The maximum atomic E-state index is 11.2. The zero-order valence-electron chi connectivity index (χ0n) is 49.7. The van der Waals surface area contributed by atoms with Crippen molar-refractivity contribution in [3.63, 3.8) is 0 Å². The van der Waals surface area contributed by atoms with E-state index >= 15 is 0 Å². The number of carbonyl (C=O) groups excluding carboxylic acids is 3. The molecule has 0 bridgehead atoms. The third-order valence-corrected chi connectivity index (χ3v) is 18.1. The Bertz CT molecular complexity index is 3270. The van der Waals surface area contributed by atoms with Gasteiger partial charge in [0.05, 0.1) is 60.4 Å². The quantitative estimate of drug-likeness (QED) is 0.0479. The predicted molar refractivity (Wildman–Crippen MR) is 350 cm³/mol. The summed E-state index contributed by atoms with van der Waals surface area (Å²) in [4.78, 5) is 33.2. The lowest BCUT2D eigenvalue weighted by molar-refractivity contribution is 0.00578. The molecule has 2 fully saturated rings. The monoisotopic (exact) mass is 1330 g/mol. The molecular weight excluding hydrogens is 1260 g/mol. The van der Waals surface area contributed by atoms with Gasteiger partial charge in [-0.05, 0) is 241 Å². The lowest BCUT2D eigenvalue weighted by Crippen LogP contribution is -2.41. The first-order valence-corrected chi connectivity index (χ1v) is 29.2. The second-order valence-electron chi connectivity index (χ2n) is 21.8. The molecule has 0 aromatic heterocycles. The fourth-order valence-corrected chi connectivity index (χ4v) is 10.1. The SMILES string of the molecule is COc1cc(/C=C/B2OC(C)(C)C(C)(C)O2)c(C)cc1C=O.COc1cc(/C=C/c2cccc(B3OC(C)(C)C(C)(C)O3)c2C)c(C)cc1C=O.COc1cc(/C=C/c2cccc(Br)c2C)c(C)cc1C=O.Cc1c(Br)cccc1I. The van der Waals surface area contributed by atoms with Crippen molar-refractivity contribution < 1.29 is 47.2 Å². The zero-order chi connectivity index (χ0) is 60.2. The number of hydrogen-bond donors (Lipinski definition) is 0. The van der Waals surface area contributed by atoms with Crippen LogP contribution in [-0.2, 0) is 18.6 Å². The lowest BCUT2D eigenvalue weighted by atomic mass is 9.75. The average Bonchev–Trinajstić information content (AvgIpc) is 4.02. The maximum absolute atomic E-state index is 11.2.